The molecule has 0 bridgehead atoms. The minimum absolute atomic E-state index is 0.0621. The van der Waals surface area contributed by atoms with Gasteiger partial charge in [-0.25, -0.2) is 0 Å². The normalized spacial score (nSPS) is 20.8. The van der Waals surface area contributed by atoms with Crippen LogP contribution >= 0.6 is 0 Å². The number of ether oxygens (including phenoxy) is 1. The molecule has 2 aromatic rings. The van der Waals surface area contributed by atoms with E-state index >= 15 is 0 Å². The number of rotatable bonds is 4. The van der Waals surface area contributed by atoms with Crippen LogP contribution in [0, 0.1) is 6.92 Å². The fourth-order valence-electron chi connectivity index (χ4n) is 3.49. The van der Waals surface area contributed by atoms with Crippen molar-refractivity contribution in [3.63, 3.8) is 0 Å². The molecular weight excluding hydrogens is 300 g/mol. The molecule has 1 aliphatic heterocycles. The molecule has 126 valence electrons. The van der Waals surface area contributed by atoms with Crippen molar-refractivity contribution in [2.24, 2.45) is 0 Å². The molecule has 0 radical (unpaired) electrons. The van der Waals surface area contributed by atoms with Gasteiger partial charge in [-0.1, -0.05) is 30.3 Å². The molecule has 1 amide bonds. The Labute approximate surface area is 143 Å². The first kappa shape index (κ1) is 16.7. The Kier molecular flexibility index (Phi) is 5.26. The van der Waals surface area contributed by atoms with Crippen LogP contribution in [0.4, 0.5) is 0 Å². The lowest BCUT2D eigenvalue weighted by Gasteiger charge is -2.41. The number of nitrogens with zero attached hydrogens (tertiary/aromatic N) is 2. The van der Waals surface area contributed by atoms with Crippen LogP contribution in [-0.4, -0.2) is 41.6 Å². The molecule has 3 rings (SSSR count). The van der Waals surface area contributed by atoms with E-state index in [-0.39, 0.29) is 18.1 Å². The number of aromatic nitrogens is 1. The molecular formula is C20H24N2O2. The highest BCUT2D eigenvalue weighted by Crippen LogP contribution is 2.25. The fourth-order valence-corrected chi connectivity index (χ4v) is 3.49. The molecule has 4 heteroatoms. The van der Waals surface area contributed by atoms with Gasteiger partial charge in [0.15, 0.2) is 0 Å². The van der Waals surface area contributed by atoms with Crippen LogP contribution in [0.3, 0.4) is 0 Å². The van der Waals surface area contributed by atoms with Crippen molar-refractivity contribution < 1.29 is 9.53 Å². The maximum atomic E-state index is 13.1. The second-order valence-corrected chi connectivity index (χ2v) is 6.36. The van der Waals surface area contributed by atoms with Gasteiger partial charge >= 0.3 is 0 Å². The molecule has 0 N–H and O–H groups in total. The van der Waals surface area contributed by atoms with E-state index in [9.17, 15) is 4.79 Å². The van der Waals surface area contributed by atoms with Gasteiger partial charge in [-0.2, -0.15) is 0 Å². The van der Waals surface area contributed by atoms with E-state index in [0.717, 1.165) is 31.5 Å². The molecule has 1 saturated heterocycles. The Balaban J connectivity index is 1.86. The van der Waals surface area contributed by atoms with Crippen molar-refractivity contribution in [2.45, 2.75) is 38.3 Å². The number of hydrogen-bond donors (Lipinski definition) is 0. The van der Waals surface area contributed by atoms with Gasteiger partial charge in [0.2, 0.25) is 0 Å². The minimum atomic E-state index is 0.0621. The lowest BCUT2D eigenvalue weighted by atomic mass is 9.92. The van der Waals surface area contributed by atoms with Gasteiger partial charge in [0.05, 0.1) is 12.1 Å². The van der Waals surface area contributed by atoms with Gasteiger partial charge < -0.3 is 9.64 Å². The maximum absolute atomic E-state index is 13.1. The summed E-state index contributed by atoms with van der Waals surface area (Å²) in [6.45, 7) is 2.68. The number of hydrogen-bond acceptors (Lipinski definition) is 3. The van der Waals surface area contributed by atoms with Crippen LogP contribution in [0.2, 0.25) is 0 Å². The molecule has 4 nitrogen and oxygen atoms in total. The Morgan fingerprint density at radius 2 is 2.08 bits per heavy atom. The highest BCUT2D eigenvalue weighted by Gasteiger charge is 2.34. The summed E-state index contributed by atoms with van der Waals surface area (Å²) in [5.41, 5.74) is 2.80. The van der Waals surface area contributed by atoms with E-state index in [1.54, 1.807) is 19.4 Å². The molecule has 1 aliphatic rings. The van der Waals surface area contributed by atoms with Crippen molar-refractivity contribution in [1.82, 2.24) is 9.88 Å². The predicted octanol–water partition coefficient (Wildman–Crippen LogP) is 3.25. The van der Waals surface area contributed by atoms with Gasteiger partial charge in [0, 0.05) is 31.1 Å². The van der Waals surface area contributed by atoms with Crippen molar-refractivity contribution in [3.05, 3.63) is 65.5 Å². The molecule has 1 aromatic heterocycles. The van der Waals surface area contributed by atoms with E-state index < -0.39 is 0 Å². The molecule has 0 unspecified atom stereocenters. The number of piperidine rings is 1. The van der Waals surface area contributed by atoms with Crippen molar-refractivity contribution >= 4 is 5.91 Å². The maximum Gasteiger partial charge on any atom is 0.254 e. The second-order valence-electron chi connectivity index (χ2n) is 6.36. The second kappa shape index (κ2) is 7.58. The van der Waals surface area contributed by atoms with Crippen molar-refractivity contribution in [2.75, 3.05) is 13.7 Å². The first-order valence-electron chi connectivity index (χ1n) is 8.49. The first-order chi connectivity index (χ1) is 11.7. The van der Waals surface area contributed by atoms with Crippen molar-refractivity contribution in [1.29, 1.82) is 0 Å². The standard InChI is InChI=1S/C20H24N2O2/c1-15-13-17(10-11-21-15)20(23)22-12-6-9-19(24-2)18(22)14-16-7-4-3-5-8-16/h3-5,7-8,10-11,13,18-19H,6,9,12,14H2,1-2H3/t18-,19-/m0/s1. The summed E-state index contributed by atoms with van der Waals surface area (Å²) in [5.74, 6) is 0.0724. The van der Waals surface area contributed by atoms with Gasteiger partial charge in [0.1, 0.15) is 0 Å². The summed E-state index contributed by atoms with van der Waals surface area (Å²) in [6.07, 6.45) is 4.56. The SMILES string of the molecule is CO[C@H]1CCCN(C(=O)c2ccnc(C)c2)[C@H]1Cc1ccccc1. The number of carbonyl (C=O) groups is 1. The van der Waals surface area contributed by atoms with Crippen LogP contribution in [0.15, 0.2) is 48.7 Å². The van der Waals surface area contributed by atoms with Crippen LogP contribution < -0.4 is 0 Å². The Hall–Kier alpha value is -2.20. The van der Waals surface area contributed by atoms with Crippen LogP contribution in [0.5, 0.6) is 0 Å². The Morgan fingerprint density at radius 3 is 2.79 bits per heavy atom. The zero-order valence-electron chi connectivity index (χ0n) is 14.3. The highest BCUT2D eigenvalue weighted by atomic mass is 16.5. The average Bonchev–Trinajstić information content (AvgIpc) is 2.62. The van der Waals surface area contributed by atoms with E-state index in [2.05, 4.69) is 17.1 Å². The number of methoxy groups -OCH3 is 1. The molecule has 2 heterocycles. The summed E-state index contributed by atoms with van der Waals surface area (Å²) in [6, 6.07) is 14.0. The zero-order chi connectivity index (χ0) is 16.9. The lowest BCUT2D eigenvalue weighted by Crippen LogP contribution is -2.52. The van der Waals surface area contributed by atoms with E-state index in [0.29, 0.717) is 5.56 Å². The van der Waals surface area contributed by atoms with E-state index in [4.69, 9.17) is 4.74 Å². The molecule has 0 saturated carbocycles. The highest BCUT2D eigenvalue weighted by molar-refractivity contribution is 5.94. The largest absolute Gasteiger partial charge is 0.379 e. The third-order valence-corrected chi connectivity index (χ3v) is 4.71. The predicted molar refractivity (Wildman–Crippen MR) is 94.0 cm³/mol. The number of carbonyl (C=O) groups excluding carboxylic acids is 1. The molecule has 0 aliphatic carbocycles. The third kappa shape index (κ3) is 3.65. The van der Waals surface area contributed by atoms with Crippen LogP contribution in [0.25, 0.3) is 0 Å². The summed E-state index contributed by atoms with van der Waals surface area (Å²) in [7, 11) is 1.74. The summed E-state index contributed by atoms with van der Waals surface area (Å²) < 4.78 is 5.71. The van der Waals surface area contributed by atoms with E-state index in [1.807, 2.05) is 36.1 Å². The quantitative estimate of drug-likeness (QED) is 0.867. The summed E-state index contributed by atoms with van der Waals surface area (Å²) in [4.78, 5) is 19.2. The minimum Gasteiger partial charge on any atom is -0.379 e. The lowest BCUT2D eigenvalue weighted by molar-refractivity contribution is -0.0117. The van der Waals surface area contributed by atoms with E-state index in [1.165, 1.54) is 5.56 Å². The Morgan fingerprint density at radius 1 is 1.29 bits per heavy atom. The summed E-state index contributed by atoms with van der Waals surface area (Å²) in [5, 5.41) is 0. The third-order valence-electron chi connectivity index (χ3n) is 4.71. The first-order valence-corrected chi connectivity index (χ1v) is 8.49. The molecule has 24 heavy (non-hydrogen) atoms. The molecule has 0 spiro atoms. The van der Waals surface area contributed by atoms with Gasteiger partial charge in [0.25, 0.3) is 5.91 Å². The van der Waals surface area contributed by atoms with Crippen molar-refractivity contribution in [3.8, 4) is 0 Å². The van der Waals surface area contributed by atoms with Gasteiger partial charge in [-0.3, -0.25) is 9.78 Å². The summed E-state index contributed by atoms with van der Waals surface area (Å²) >= 11 is 0. The van der Waals surface area contributed by atoms with Gasteiger partial charge in [-0.05, 0) is 43.9 Å². The monoisotopic (exact) mass is 324 g/mol. The zero-order valence-corrected chi connectivity index (χ0v) is 14.3. The number of pyridine rings is 1. The number of aryl methyl sites for hydroxylation is 1. The van der Waals surface area contributed by atoms with Crippen LogP contribution in [-0.2, 0) is 11.2 Å². The molecule has 1 fully saturated rings. The Bertz CT molecular complexity index is 687. The number of likely N-dealkylation sites (tertiary alicyclic amines) is 1. The topological polar surface area (TPSA) is 42.4 Å². The fraction of sp³-hybridized carbons (Fsp3) is 0.400. The molecule has 1 aromatic carbocycles. The van der Waals surface area contributed by atoms with Crippen LogP contribution in [0.1, 0.15) is 34.5 Å². The van der Waals surface area contributed by atoms with Gasteiger partial charge in [-0.15, -0.1) is 0 Å². The smallest absolute Gasteiger partial charge is 0.254 e. The number of benzene rings is 1. The molecule has 2 atom stereocenters. The average molecular weight is 324 g/mol. The number of amides is 1.